The highest BCUT2D eigenvalue weighted by Gasteiger charge is 2.10. The number of rotatable bonds is 16. The van der Waals surface area contributed by atoms with Crippen LogP contribution in [0, 0.1) is 17.8 Å². The normalized spacial score (nSPS) is 15.3. The van der Waals surface area contributed by atoms with E-state index in [-0.39, 0.29) is 0 Å². The molecule has 30 heavy (non-hydrogen) atoms. The van der Waals surface area contributed by atoms with Gasteiger partial charge in [0.05, 0.1) is 0 Å². The Hall–Kier alpha value is -1.30. The van der Waals surface area contributed by atoms with Gasteiger partial charge in [-0.25, -0.2) is 0 Å². The molecule has 0 amide bonds. The van der Waals surface area contributed by atoms with Gasteiger partial charge in [-0.1, -0.05) is 93.2 Å². The zero-order valence-corrected chi connectivity index (χ0v) is 21.7. The molecule has 0 bridgehead atoms. The van der Waals surface area contributed by atoms with Crippen LogP contribution in [-0.2, 0) is 0 Å². The summed E-state index contributed by atoms with van der Waals surface area (Å²) in [5.74, 6) is 2.08. The average molecular weight is 413 g/mol. The largest absolute Gasteiger partial charge is 0.103 e. The molecule has 0 heteroatoms. The molecular formula is C30H52. The lowest BCUT2D eigenvalue weighted by Crippen LogP contribution is -2.03. The van der Waals surface area contributed by atoms with Crippen LogP contribution in [-0.4, -0.2) is 0 Å². The summed E-state index contributed by atoms with van der Waals surface area (Å²) in [4.78, 5) is 0. The van der Waals surface area contributed by atoms with Crippen molar-refractivity contribution in [1.29, 1.82) is 0 Å². The Balaban J connectivity index is 4.78. The molecule has 172 valence electrons. The number of allylic oxidation sites excluding steroid dienone is 9. The Kier molecular flexibility index (Phi) is 16.6. The van der Waals surface area contributed by atoms with Crippen molar-refractivity contribution >= 4 is 0 Å². The van der Waals surface area contributed by atoms with Gasteiger partial charge in [-0.05, 0) is 90.4 Å². The first-order valence-electron chi connectivity index (χ1n) is 12.4. The molecule has 0 aliphatic rings. The first-order chi connectivity index (χ1) is 14.1. The van der Waals surface area contributed by atoms with E-state index in [1.54, 1.807) is 5.57 Å². The molecule has 0 N–H and O–H groups in total. The molecule has 0 saturated heterocycles. The van der Waals surface area contributed by atoms with Crippen molar-refractivity contribution in [3.63, 3.8) is 0 Å². The van der Waals surface area contributed by atoms with Crippen molar-refractivity contribution in [3.8, 4) is 0 Å². The molecule has 0 aromatic carbocycles. The van der Waals surface area contributed by atoms with Gasteiger partial charge in [0.1, 0.15) is 0 Å². The molecule has 0 saturated carbocycles. The standard InChI is InChI=1S/C30H52/c1-10-14-28(8)23-30(29(9)20-12-16-25(4)5)22-21-27(7)19-13-18-26(6)17-11-15-24(2)3/h10,15,18,21,23,25,28-29H,1,11-14,16-17,19-20,22H2,2-9H3/b26-18+,27-21-,30-23+. The minimum absolute atomic E-state index is 0.588. The first kappa shape index (κ1) is 28.7. The van der Waals surface area contributed by atoms with Crippen LogP contribution in [0.1, 0.15) is 113 Å². The molecule has 0 nitrogen and oxygen atoms in total. The smallest absolute Gasteiger partial charge is 0.0133 e. The van der Waals surface area contributed by atoms with E-state index in [0.29, 0.717) is 11.8 Å². The Morgan fingerprint density at radius 2 is 1.40 bits per heavy atom. The Morgan fingerprint density at radius 3 is 1.97 bits per heavy atom. The van der Waals surface area contributed by atoms with Crippen LogP contribution in [0.15, 0.2) is 59.3 Å². The molecule has 0 fully saturated rings. The molecule has 0 heterocycles. The van der Waals surface area contributed by atoms with Gasteiger partial charge >= 0.3 is 0 Å². The van der Waals surface area contributed by atoms with Gasteiger partial charge < -0.3 is 0 Å². The van der Waals surface area contributed by atoms with E-state index in [0.717, 1.165) is 18.8 Å². The lowest BCUT2D eigenvalue weighted by molar-refractivity contribution is 0.486. The van der Waals surface area contributed by atoms with Crippen LogP contribution in [0.4, 0.5) is 0 Å². The summed E-state index contributed by atoms with van der Waals surface area (Å²) in [5.41, 5.74) is 6.10. The molecule has 2 atom stereocenters. The Labute approximate surface area is 190 Å². The van der Waals surface area contributed by atoms with E-state index in [1.165, 1.54) is 61.7 Å². The maximum absolute atomic E-state index is 3.92. The second-order valence-corrected chi connectivity index (χ2v) is 10.1. The van der Waals surface area contributed by atoms with E-state index < -0.39 is 0 Å². The molecule has 2 unspecified atom stereocenters. The van der Waals surface area contributed by atoms with Crippen LogP contribution in [0.5, 0.6) is 0 Å². The second kappa shape index (κ2) is 17.4. The SMILES string of the molecule is C=CCC(C)/C=C(\C/C=C(/C)CC/C=C(\C)CCC=C(C)C)C(C)CCCC(C)C. The monoisotopic (exact) mass is 412 g/mol. The Bertz CT molecular complexity index is 575. The van der Waals surface area contributed by atoms with Gasteiger partial charge in [-0.2, -0.15) is 0 Å². The highest BCUT2D eigenvalue weighted by Crippen LogP contribution is 2.26. The molecule has 0 rings (SSSR count). The summed E-state index contributed by atoms with van der Waals surface area (Å²) in [6.45, 7) is 22.3. The quantitative estimate of drug-likeness (QED) is 0.221. The summed E-state index contributed by atoms with van der Waals surface area (Å²) in [7, 11) is 0. The van der Waals surface area contributed by atoms with Gasteiger partial charge in [0, 0.05) is 0 Å². The average Bonchev–Trinajstić information content (AvgIpc) is 2.64. The van der Waals surface area contributed by atoms with Crippen molar-refractivity contribution in [2.75, 3.05) is 0 Å². The highest BCUT2D eigenvalue weighted by atomic mass is 14.2. The molecule has 0 aromatic rings. The number of hydrogen-bond donors (Lipinski definition) is 0. The maximum Gasteiger partial charge on any atom is -0.0133 e. The Morgan fingerprint density at radius 1 is 0.800 bits per heavy atom. The van der Waals surface area contributed by atoms with Crippen LogP contribution >= 0.6 is 0 Å². The first-order valence-corrected chi connectivity index (χ1v) is 12.4. The highest BCUT2D eigenvalue weighted by molar-refractivity contribution is 5.15. The molecule has 0 radical (unpaired) electrons. The van der Waals surface area contributed by atoms with Crippen LogP contribution < -0.4 is 0 Å². The predicted molar refractivity (Wildman–Crippen MR) is 140 cm³/mol. The predicted octanol–water partition coefficient (Wildman–Crippen LogP) is 10.4. The zero-order chi connectivity index (χ0) is 22.9. The maximum atomic E-state index is 3.92. The third-order valence-corrected chi connectivity index (χ3v) is 5.90. The third-order valence-electron chi connectivity index (χ3n) is 5.90. The molecule has 0 aliphatic carbocycles. The zero-order valence-electron chi connectivity index (χ0n) is 21.7. The number of hydrogen-bond acceptors (Lipinski definition) is 0. The second-order valence-electron chi connectivity index (χ2n) is 10.1. The van der Waals surface area contributed by atoms with E-state index in [9.17, 15) is 0 Å². The lowest BCUT2D eigenvalue weighted by atomic mass is 9.88. The molecule has 0 aliphatic heterocycles. The minimum Gasteiger partial charge on any atom is -0.103 e. The fourth-order valence-corrected chi connectivity index (χ4v) is 3.78. The summed E-state index contributed by atoms with van der Waals surface area (Å²) >= 11 is 0. The van der Waals surface area contributed by atoms with Crippen LogP contribution in [0.2, 0.25) is 0 Å². The van der Waals surface area contributed by atoms with Crippen molar-refractivity contribution in [2.45, 2.75) is 113 Å². The van der Waals surface area contributed by atoms with Crippen molar-refractivity contribution in [3.05, 3.63) is 59.3 Å². The fourth-order valence-electron chi connectivity index (χ4n) is 3.78. The van der Waals surface area contributed by atoms with E-state index in [1.807, 2.05) is 0 Å². The van der Waals surface area contributed by atoms with Crippen LogP contribution in [0.3, 0.4) is 0 Å². The van der Waals surface area contributed by atoms with Gasteiger partial charge in [0.25, 0.3) is 0 Å². The third kappa shape index (κ3) is 16.5. The van der Waals surface area contributed by atoms with Crippen molar-refractivity contribution in [1.82, 2.24) is 0 Å². The van der Waals surface area contributed by atoms with E-state index in [2.05, 4.69) is 92.3 Å². The van der Waals surface area contributed by atoms with Crippen LogP contribution in [0.25, 0.3) is 0 Å². The summed E-state index contributed by atoms with van der Waals surface area (Å²) in [6.07, 6.45) is 22.7. The topological polar surface area (TPSA) is 0 Å². The van der Waals surface area contributed by atoms with Gasteiger partial charge in [0.2, 0.25) is 0 Å². The summed E-state index contributed by atoms with van der Waals surface area (Å²) < 4.78 is 0. The van der Waals surface area contributed by atoms with E-state index >= 15 is 0 Å². The summed E-state index contributed by atoms with van der Waals surface area (Å²) in [6, 6.07) is 0. The molecule has 0 aromatic heterocycles. The summed E-state index contributed by atoms with van der Waals surface area (Å²) in [5, 5.41) is 0. The molecular weight excluding hydrogens is 360 g/mol. The fraction of sp³-hybridized carbons (Fsp3) is 0.667. The van der Waals surface area contributed by atoms with Gasteiger partial charge in [0.15, 0.2) is 0 Å². The van der Waals surface area contributed by atoms with Crippen molar-refractivity contribution in [2.24, 2.45) is 17.8 Å². The molecule has 0 spiro atoms. The van der Waals surface area contributed by atoms with Crippen molar-refractivity contribution < 1.29 is 0 Å². The lowest BCUT2D eigenvalue weighted by Gasteiger charge is -2.18. The van der Waals surface area contributed by atoms with Gasteiger partial charge in [-0.3, -0.25) is 0 Å². The minimum atomic E-state index is 0.588. The van der Waals surface area contributed by atoms with E-state index in [4.69, 9.17) is 0 Å². The van der Waals surface area contributed by atoms with Gasteiger partial charge in [-0.15, -0.1) is 6.58 Å².